The third-order valence-electron chi connectivity index (χ3n) is 10.8. The molecule has 2 amide bonds. The molecule has 4 aliphatic rings. The predicted molar refractivity (Wildman–Crippen MR) is 159 cm³/mol. The van der Waals surface area contributed by atoms with E-state index in [1.165, 1.54) is 12.0 Å². The Morgan fingerprint density at radius 3 is 2.34 bits per heavy atom. The maximum absolute atomic E-state index is 14.1. The van der Waals surface area contributed by atoms with Crippen molar-refractivity contribution < 1.29 is 9.59 Å². The smallest absolute Gasteiger partial charge is 0.249 e. The molecule has 0 aliphatic heterocycles. The second-order valence-electron chi connectivity index (χ2n) is 13.4. The summed E-state index contributed by atoms with van der Waals surface area (Å²) in [6.07, 6.45) is 12.1. The first kappa shape index (κ1) is 29.3. The van der Waals surface area contributed by atoms with Crippen LogP contribution in [0.2, 0.25) is 0 Å². The average molecular weight is 542 g/mol. The lowest BCUT2D eigenvalue weighted by Crippen LogP contribution is -2.55. The Labute approximate surface area is 236 Å². The number of thiocarbonyl (C=S) groups is 1. The number of carbonyl (C=O) groups excluding carboxylic acids is 2. The van der Waals surface area contributed by atoms with Crippen LogP contribution in [0.3, 0.4) is 0 Å². The molecule has 0 heterocycles. The zero-order chi connectivity index (χ0) is 28.0. The summed E-state index contributed by atoms with van der Waals surface area (Å²) in [5, 5.41) is 3.89. The molecule has 0 aromatic rings. The molecule has 2 fully saturated rings. The largest absolute Gasteiger partial charge is 0.360 e. The maximum Gasteiger partial charge on any atom is 0.249 e. The van der Waals surface area contributed by atoms with Gasteiger partial charge in [0.1, 0.15) is 0 Å². The van der Waals surface area contributed by atoms with E-state index in [0.29, 0.717) is 22.9 Å². The van der Waals surface area contributed by atoms with Crippen LogP contribution in [0, 0.1) is 34.5 Å². The van der Waals surface area contributed by atoms with Crippen LogP contribution < -0.4 is 5.32 Å². The van der Waals surface area contributed by atoms with Gasteiger partial charge in [-0.2, -0.15) is 0 Å². The van der Waals surface area contributed by atoms with Crippen molar-refractivity contribution in [3.63, 3.8) is 0 Å². The minimum absolute atomic E-state index is 0.0227. The Morgan fingerprint density at radius 2 is 1.74 bits per heavy atom. The third kappa shape index (κ3) is 4.88. The molecule has 0 radical (unpaired) electrons. The van der Waals surface area contributed by atoms with E-state index in [4.69, 9.17) is 12.2 Å². The molecule has 6 atom stereocenters. The van der Waals surface area contributed by atoms with Crippen LogP contribution in [0.4, 0.5) is 0 Å². The molecule has 0 bridgehead atoms. The predicted octanol–water partition coefficient (Wildman–Crippen LogP) is 6.49. The zero-order valence-electron chi connectivity index (χ0n) is 25.1. The lowest BCUT2D eigenvalue weighted by molar-refractivity contribution is -0.139. The fourth-order valence-corrected chi connectivity index (χ4v) is 9.22. The monoisotopic (exact) mass is 541 g/mol. The number of hydrogen-bond donors (Lipinski definition) is 1. The van der Waals surface area contributed by atoms with Gasteiger partial charge in [0.25, 0.3) is 0 Å². The normalized spacial score (nSPS) is 34.1. The first-order chi connectivity index (χ1) is 17.9. The minimum Gasteiger partial charge on any atom is -0.360 e. The highest BCUT2D eigenvalue weighted by Gasteiger charge is 2.60. The second kappa shape index (κ2) is 11.1. The number of nitrogens with zero attached hydrogens (tertiary/aromatic N) is 2. The Hall–Kier alpha value is -1.69. The second-order valence-corrected chi connectivity index (χ2v) is 13.8. The van der Waals surface area contributed by atoms with E-state index < -0.39 is 0 Å². The van der Waals surface area contributed by atoms with Gasteiger partial charge in [-0.25, -0.2) is 0 Å². The van der Waals surface area contributed by atoms with E-state index >= 15 is 0 Å². The molecule has 0 saturated heterocycles. The molecule has 0 aromatic carbocycles. The van der Waals surface area contributed by atoms with E-state index in [-0.39, 0.29) is 40.6 Å². The van der Waals surface area contributed by atoms with Gasteiger partial charge in [0.2, 0.25) is 11.8 Å². The van der Waals surface area contributed by atoms with Gasteiger partial charge in [-0.3, -0.25) is 14.5 Å². The first-order valence-electron chi connectivity index (χ1n) is 15.2. The summed E-state index contributed by atoms with van der Waals surface area (Å²) in [6, 6.07) is 0.247. The standard InChI is InChI=1S/C32H51N3O2S/c1-9-34(10-2)28(36)22-15-17-31(7)23(19-22)11-12-24-25-13-14-27(32(25,8)18-16-26(24)31)29(37)35(21(5)6)30(38)33-20(3)4/h11,19-21,24-27H,9-10,12-18H2,1-8H3,(H,33,38)/t24-,25-,26-,27+,31-,32-/m0/s1. The van der Waals surface area contributed by atoms with Crippen molar-refractivity contribution in [2.24, 2.45) is 34.5 Å². The summed E-state index contributed by atoms with van der Waals surface area (Å²) in [7, 11) is 0. The number of carbonyl (C=O) groups is 2. The number of rotatable bonds is 6. The van der Waals surface area contributed by atoms with E-state index in [0.717, 1.165) is 57.2 Å². The van der Waals surface area contributed by atoms with Crippen molar-refractivity contribution >= 4 is 29.1 Å². The van der Waals surface area contributed by atoms with Gasteiger partial charge in [0.15, 0.2) is 5.11 Å². The Kier molecular flexibility index (Phi) is 8.53. The molecule has 2 saturated carbocycles. The number of likely N-dealkylation sites (N-methyl/N-ethyl adjacent to an activating group) is 1. The molecule has 0 aromatic heterocycles. The van der Waals surface area contributed by atoms with Crippen molar-refractivity contribution in [2.45, 2.75) is 112 Å². The first-order valence-corrected chi connectivity index (χ1v) is 15.6. The summed E-state index contributed by atoms with van der Waals surface area (Å²) in [5.41, 5.74) is 2.54. The minimum atomic E-state index is 0.0227. The Balaban J connectivity index is 1.57. The van der Waals surface area contributed by atoms with E-state index in [1.807, 2.05) is 9.80 Å². The molecule has 0 unspecified atom stereocenters. The fraction of sp³-hybridized carbons (Fsp3) is 0.781. The van der Waals surface area contributed by atoms with Gasteiger partial charge in [0, 0.05) is 36.7 Å². The SMILES string of the molecule is CCN(CC)C(=O)C1=CC2=CC[C@H]3[C@@H]4CC[C@H](C(=O)N(C(=S)NC(C)C)C(C)C)[C@@]4(C)CC[C@@H]3[C@@]2(C)CC1. The van der Waals surface area contributed by atoms with Gasteiger partial charge >= 0.3 is 0 Å². The summed E-state index contributed by atoms with van der Waals surface area (Å²) in [6.45, 7) is 18.8. The summed E-state index contributed by atoms with van der Waals surface area (Å²) in [5.74, 6) is 2.27. The topological polar surface area (TPSA) is 52.7 Å². The summed E-state index contributed by atoms with van der Waals surface area (Å²) < 4.78 is 0. The number of allylic oxidation sites excluding steroid dienone is 3. The summed E-state index contributed by atoms with van der Waals surface area (Å²) >= 11 is 5.71. The van der Waals surface area contributed by atoms with Gasteiger partial charge in [-0.15, -0.1) is 0 Å². The van der Waals surface area contributed by atoms with Crippen LogP contribution in [0.25, 0.3) is 0 Å². The number of hydrogen-bond acceptors (Lipinski definition) is 3. The quantitative estimate of drug-likeness (QED) is 0.391. The zero-order valence-corrected chi connectivity index (χ0v) is 25.9. The molecule has 5 nitrogen and oxygen atoms in total. The van der Waals surface area contributed by atoms with Crippen molar-refractivity contribution in [1.29, 1.82) is 0 Å². The van der Waals surface area contributed by atoms with Gasteiger partial charge < -0.3 is 10.2 Å². The molecule has 212 valence electrons. The average Bonchev–Trinajstić information content (AvgIpc) is 3.20. The maximum atomic E-state index is 14.1. The highest BCUT2D eigenvalue weighted by Crippen LogP contribution is 2.66. The molecule has 38 heavy (non-hydrogen) atoms. The van der Waals surface area contributed by atoms with Gasteiger partial charge in [-0.1, -0.05) is 26.0 Å². The Morgan fingerprint density at radius 1 is 1.05 bits per heavy atom. The van der Waals surface area contributed by atoms with Crippen molar-refractivity contribution in [3.05, 3.63) is 23.3 Å². The van der Waals surface area contributed by atoms with Gasteiger partial charge in [0.05, 0.1) is 0 Å². The molecule has 4 rings (SSSR count). The number of nitrogens with one attached hydrogen (secondary N) is 1. The van der Waals surface area contributed by atoms with Crippen LogP contribution in [0.1, 0.15) is 100 Å². The summed E-state index contributed by atoms with van der Waals surface area (Å²) in [4.78, 5) is 31.0. The fourth-order valence-electron chi connectivity index (χ4n) is 8.69. The van der Waals surface area contributed by atoms with E-state index in [1.54, 1.807) is 0 Å². The third-order valence-corrected chi connectivity index (χ3v) is 11.1. The van der Waals surface area contributed by atoms with Crippen molar-refractivity contribution in [3.8, 4) is 0 Å². The lowest BCUT2D eigenvalue weighted by atomic mass is 9.48. The molecule has 4 aliphatic carbocycles. The molecule has 6 heteroatoms. The molecule has 0 spiro atoms. The molecular formula is C32H51N3O2S. The lowest BCUT2D eigenvalue weighted by Gasteiger charge is -2.57. The highest BCUT2D eigenvalue weighted by molar-refractivity contribution is 7.80. The number of fused-ring (bicyclic) bond motifs is 5. The van der Waals surface area contributed by atoms with Gasteiger partial charge in [-0.05, 0) is 133 Å². The van der Waals surface area contributed by atoms with Crippen LogP contribution in [0.5, 0.6) is 0 Å². The van der Waals surface area contributed by atoms with E-state index in [9.17, 15) is 9.59 Å². The van der Waals surface area contributed by atoms with Crippen LogP contribution in [0.15, 0.2) is 23.3 Å². The number of amides is 2. The highest BCUT2D eigenvalue weighted by atomic mass is 32.1. The molecule has 1 N–H and O–H groups in total. The van der Waals surface area contributed by atoms with Crippen LogP contribution in [-0.4, -0.2) is 51.9 Å². The van der Waals surface area contributed by atoms with Crippen molar-refractivity contribution in [2.75, 3.05) is 13.1 Å². The molecular weight excluding hydrogens is 490 g/mol. The Bertz CT molecular complexity index is 1010. The van der Waals surface area contributed by atoms with Crippen LogP contribution in [-0.2, 0) is 9.59 Å². The van der Waals surface area contributed by atoms with Crippen LogP contribution >= 0.6 is 12.2 Å². The van der Waals surface area contributed by atoms with Crippen molar-refractivity contribution in [1.82, 2.24) is 15.1 Å². The van der Waals surface area contributed by atoms with E-state index in [2.05, 4.69) is 72.9 Å².